The highest BCUT2D eigenvalue weighted by Gasteiger charge is 2.16. The number of rotatable bonds is 1. The molecule has 0 aliphatic rings. The van der Waals surface area contributed by atoms with Crippen LogP contribution in [-0.2, 0) is 0 Å². The van der Waals surface area contributed by atoms with E-state index in [4.69, 9.17) is 16.3 Å². The maximum atomic E-state index is 10.5. The minimum Gasteiger partial charge on any atom is -0.392 e. The Hall–Kier alpha value is -2.60. The van der Waals surface area contributed by atoms with E-state index in [0.29, 0.717) is 0 Å². The molecule has 68 valence electrons. The number of nitriles is 2. The van der Waals surface area contributed by atoms with Gasteiger partial charge in [-0.15, -0.1) is 0 Å². The molecule has 0 aliphatic carbocycles. The third-order valence-corrected chi connectivity index (χ3v) is 1.60. The number of nitro benzene ring substituents is 1. The molecule has 0 fully saturated rings. The largest absolute Gasteiger partial charge is 0.392 e. The Morgan fingerprint density at radius 1 is 1.36 bits per heavy atom. The van der Waals surface area contributed by atoms with Gasteiger partial charge in [0.15, 0.2) is 0 Å². The van der Waals surface area contributed by atoms with E-state index < -0.39 is 10.6 Å². The lowest BCUT2D eigenvalue weighted by Gasteiger charge is -1.99. The molecule has 0 amide bonds. The van der Waals surface area contributed by atoms with E-state index in [0.717, 1.165) is 6.07 Å². The fourth-order valence-electron chi connectivity index (χ4n) is 0.946. The number of nitrogens with two attached hydrogens (primary N) is 1. The molecular formula is C8H4N4O2. The average molecular weight is 188 g/mol. The molecule has 0 heterocycles. The molecule has 0 bridgehead atoms. The highest BCUT2D eigenvalue weighted by molar-refractivity contribution is 5.69. The van der Waals surface area contributed by atoms with Crippen molar-refractivity contribution >= 4 is 11.4 Å². The second-order valence-corrected chi connectivity index (χ2v) is 2.44. The molecule has 6 heteroatoms. The van der Waals surface area contributed by atoms with Gasteiger partial charge in [0.2, 0.25) is 0 Å². The summed E-state index contributed by atoms with van der Waals surface area (Å²) in [7, 11) is 0. The summed E-state index contributed by atoms with van der Waals surface area (Å²) < 4.78 is 0. The van der Waals surface area contributed by atoms with E-state index in [1.165, 1.54) is 6.07 Å². The van der Waals surface area contributed by atoms with Crippen molar-refractivity contribution in [3.8, 4) is 12.1 Å². The Morgan fingerprint density at radius 3 is 2.43 bits per heavy atom. The summed E-state index contributed by atoms with van der Waals surface area (Å²) in [6, 6.07) is 5.65. The lowest BCUT2D eigenvalue weighted by molar-refractivity contribution is -0.383. The van der Waals surface area contributed by atoms with Crippen molar-refractivity contribution in [2.75, 3.05) is 5.73 Å². The minimum atomic E-state index is -0.725. The first-order valence-electron chi connectivity index (χ1n) is 3.48. The van der Waals surface area contributed by atoms with Crippen LogP contribution < -0.4 is 5.73 Å². The summed E-state index contributed by atoms with van der Waals surface area (Å²) in [5, 5.41) is 27.6. The van der Waals surface area contributed by atoms with E-state index >= 15 is 0 Å². The molecule has 1 rings (SSSR count). The number of nitro groups is 1. The van der Waals surface area contributed by atoms with Crippen molar-refractivity contribution in [2.24, 2.45) is 0 Å². The Bertz CT molecular complexity index is 481. The van der Waals surface area contributed by atoms with Crippen LogP contribution in [-0.4, -0.2) is 4.92 Å². The van der Waals surface area contributed by atoms with Gasteiger partial charge in [0.05, 0.1) is 22.1 Å². The smallest absolute Gasteiger partial charge is 0.294 e. The van der Waals surface area contributed by atoms with Crippen molar-refractivity contribution in [1.82, 2.24) is 0 Å². The van der Waals surface area contributed by atoms with Crippen LogP contribution in [0.2, 0.25) is 0 Å². The van der Waals surface area contributed by atoms with Gasteiger partial charge in [-0.3, -0.25) is 10.1 Å². The quantitative estimate of drug-likeness (QED) is 0.399. The zero-order valence-corrected chi connectivity index (χ0v) is 6.89. The third kappa shape index (κ3) is 1.45. The van der Waals surface area contributed by atoms with Crippen LogP contribution in [0, 0.1) is 32.8 Å². The minimum absolute atomic E-state index is 0.0439. The fourth-order valence-corrected chi connectivity index (χ4v) is 0.946. The zero-order chi connectivity index (χ0) is 10.7. The predicted molar refractivity (Wildman–Crippen MR) is 46.9 cm³/mol. The summed E-state index contributed by atoms with van der Waals surface area (Å²) in [6.07, 6.45) is 0. The van der Waals surface area contributed by atoms with Gasteiger partial charge < -0.3 is 5.73 Å². The number of anilines is 1. The van der Waals surface area contributed by atoms with Gasteiger partial charge in [-0.05, 0) is 6.07 Å². The molecule has 0 aliphatic heterocycles. The van der Waals surface area contributed by atoms with Gasteiger partial charge >= 0.3 is 0 Å². The first-order valence-corrected chi connectivity index (χ1v) is 3.48. The fraction of sp³-hybridized carbons (Fsp3) is 0. The molecule has 0 saturated heterocycles. The van der Waals surface area contributed by atoms with Crippen molar-refractivity contribution < 1.29 is 4.92 Å². The molecule has 1 aromatic rings. The van der Waals surface area contributed by atoms with Crippen LogP contribution in [0.25, 0.3) is 0 Å². The molecule has 2 N–H and O–H groups in total. The monoisotopic (exact) mass is 188 g/mol. The summed E-state index contributed by atoms with van der Waals surface area (Å²) in [5.74, 6) is 0. The summed E-state index contributed by atoms with van der Waals surface area (Å²) in [6.45, 7) is 0. The molecule has 0 atom stereocenters. The number of nitrogens with zero attached hydrogens (tertiary/aromatic N) is 3. The molecule has 0 saturated carbocycles. The Labute approximate surface area is 78.9 Å². The van der Waals surface area contributed by atoms with Crippen molar-refractivity contribution in [3.63, 3.8) is 0 Å². The van der Waals surface area contributed by atoms with Crippen LogP contribution >= 0.6 is 0 Å². The molecule has 1 aromatic carbocycles. The molecule has 6 nitrogen and oxygen atoms in total. The maximum Gasteiger partial charge on any atom is 0.294 e. The van der Waals surface area contributed by atoms with Gasteiger partial charge in [0.25, 0.3) is 5.69 Å². The zero-order valence-electron chi connectivity index (χ0n) is 6.89. The molecule has 0 spiro atoms. The van der Waals surface area contributed by atoms with E-state index in [1.807, 2.05) is 0 Å². The Kier molecular flexibility index (Phi) is 2.32. The van der Waals surface area contributed by atoms with E-state index in [9.17, 15) is 10.1 Å². The van der Waals surface area contributed by atoms with E-state index in [2.05, 4.69) is 0 Å². The summed E-state index contributed by atoms with van der Waals surface area (Å²) in [4.78, 5) is 9.74. The van der Waals surface area contributed by atoms with Crippen LogP contribution in [0.1, 0.15) is 11.1 Å². The van der Waals surface area contributed by atoms with Gasteiger partial charge in [0, 0.05) is 6.07 Å². The lowest BCUT2D eigenvalue weighted by atomic mass is 10.1. The van der Waals surface area contributed by atoms with Crippen LogP contribution in [0.4, 0.5) is 11.4 Å². The van der Waals surface area contributed by atoms with Gasteiger partial charge in [-0.25, -0.2) is 0 Å². The van der Waals surface area contributed by atoms with Gasteiger partial charge in [0.1, 0.15) is 11.8 Å². The number of benzene rings is 1. The molecule has 0 aromatic heterocycles. The number of hydrogen-bond donors (Lipinski definition) is 1. The molecule has 14 heavy (non-hydrogen) atoms. The standard InChI is InChI=1S/C8H4N4O2/c9-3-5-1-6(4-10)8(11)7(2-5)12(13)14/h1-2H,11H2. The average Bonchev–Trinajstić information content (AvgIpc) is 2.17. The Morgan fingerprint density at radius 2 is 2.00 bits per heavy atom. The maximum absolute atomic E-state index is 10.5. The predicted octanol–water partition coefficient (Wildman–Crippen LogP) is 0.920. The highest BCUT2D eigenvalue weighted by atomic mass is 16.6. The van der Waals surface area contributed by atoms with Crippen molar-refractivity contribution in [1.29, 1.82) is 10.5 Å². The second kappa shape index (κ2) is 3.42. The highest BCUT2D eigenvalue weighted by Crippen LogP contribution is 2.26. The summed E-state index contributed by atoms with van der Waals surface area (Å²) >= 11 is 0. The van der Waals surface area contributed by atoms with Crippen LogP contribution in [0.5, 0.6) is 0 Å². The summed E-state index contributed by atoms with van der Waals surface area (Å²) in [5.41, 5.74) is 4.70. The van der Waals surface area contributed by atoms with E-state index in [1.54, 1.807) is 12.1 Å². The molecular weight excluding hydrogens is 184 g/mol. The van der Waals surface area contributed by atoms with E-state index in [-0.39, 0.29) is 16.8 Å². The van der Waals surface area contributed by atoms with Gasteiger partial charge in [-0.1, -0.05) is 0 Å². The first kappa shape index (κ1) is 9.49. The number of nitrogen functional groups attached to an aromatic ring is 1. The first-order chi connectivity index (χ1) is 6.60. The molecule has 0 radical (unpaired) electrons. The van der Waals surface area contributed by atoms with Crippen molar-refractivity contribution in [2.45, 2.75) is 0 Å². The second-order valence-electron chi connectivity index (χ2n) is 2.44. The lowest BCUT2D eigenvalue weighted by Crippen LogP contribution is -1.99. The SMILES string of the molecule is N#Cc1cc(C#N)c(N)c([N+](=O)[O-])c1. The normalized spacial score (nSPS) is 8.71. The topological polar surface area (TPSA) is 117 Å². The third-order valence-electron chi connectivity index (χ3n) is 1.60. The number of hydrogen-bond acceptors (Lipinski definition) is 5. The van der Waals surface area contributed by atoms with Crippen LogP contribution in [0.3, 0.4) is 0 Å². The van der Waals surface area contributed by atoms with Crippen LogP contribution in [0.15, 0.2) is 12.1 Å². The van der Waals surface area contributed by atoms with Gasteiger partial charge in [-0.2, -0.15) is 10.5 Å². The van der Waals surface area contributed by atoms with Crippen molar-refractivity contribution in [3.05, 3.63) is 33.4 Å². The molecule has 0 unspecified atom stereocenters. The Balaban J connectivity index is 3.54.